The van der Waals surface area contributed by atoms with Crippen molar-refractivity contribution in [2.75, 3.05) is 0 Å². The normalized spacial score (nSPS) is 15.4. The van der Waals surface area contributed by atoms with E-state index < -0.39 is 6.10 Å². The summed E-state index contributed by atoms with van der Waals surface area (Å²) in [6.07, 6.45) is -0.597. The molecule has 1 aromatic rings. The van der Waals surface area contributed by atoms with Crippen LogP contribution < -0.4 is 5.73 Å². The monoisotopic (exact) mass is 271 g/mol. The summed E-state index contributed by atoms with van der Waals surface area (Å²) < 4.78 is 0.989. The van der Waals surface area contributed by atoms with Gasteiger partial charge in [0.15, 0.2) is 0 Å². The third kappa shape index (κ3) is 3.30. The molecule has 0 heterocycles. The van der Waals surface area contributed by atoms with Crippen molar-refractivity contribution in [3.63, 3.8) is 0 Å². The molecule has 0 radical (unpaired) electrons. The summed E-state index contributed by atoms with van der Waals surface area (Å²) in [6.45, 7) is 6.06. The number of halogens is 1. The molecule has 0 aromatic heterocycles. The van der Waals surface area contributed by atoms with Gasteiger partial charge in [0.1, 0.15) is 0 Å². The van der Waals surface area contributed by atoms with Crippen LogP contribution in [0.3, 0.4) is 0 Å². The lowest BCUT2D eigenvalue weighted by Gasteiger charge is -2.17. The summed E-state index contributed by atoms with van der Waals surface area (Å²) in [7, 11) is 0. The van der Waals surface area contributed by atoms with E-state index in [-0.39, 0.29) is 6.04 Å². The second-order valence-electron chi connectivity index (χ2n) is 4.28. The standard InChI is InChI=1S/C12H18BrNO/c1-7(2)9-4-10(6-11(13)5-9)12(15)8(3)14/h4-8,12,15H,14H2,1-3H3. The van der Waals surface area contributed by atoms with Crippen LogP contribution in [0.2, 0.25) is 0 Å². The Morgan fingerprint density at radius 1 is 1.13 bits per heavy atom. The van der Waals surface area contributed by atoms with Crippen LogP contribution in [0, 0.1) is 0 Å². The van der Waals surface area contributed by atoms with Gasteiger partial charge in [-0.05, 0) is 36.1 Å². The van der Waals surface area contributed by atoms with Gasteiger partial charge < -0.3 is 10.8 Å². The maximum absolute atomic E-state index is 9.88. The molecule has 0 fully saturated rings. The molecule has 0 aliphatic carbocycles. The molecule has 0 amide bonds. The summed E-state index contributed by atoms with van der Waals surface area (Å²) in [6, 6.07) is 5.75. The highest BCUT2D eigenvalue weighted by atomic mass is 79.9. The van der Waals surface area contributed by atoms with Crippen LogP contribution >= 0.6 is 15.9 Å². The lowest BCUT2D eigenvalue weighted by Crippen LogP contribution is -2.24. The first kappa shape index (κ1) is 12.7. The lowest BCUT2D eigenvalue weighted by atomic mass is 9.97. The number of benzene rings is 1. The topological polar surface area (TPSA) is 46.2 Å². The number of nitrogens with two attached hydrogens (primary N) is 1. The smallest absolute Gasteiger partial charge is 0.0938 e. The Balaban J connectivity index is 3.09. The number of aliphatic hydroxyl groups excluding tert-OH is 1. The van der Waals surface area contributed by atoms with Crippen LogP contribution in [0.4, 0.5) is 0 Å². The molecule has 0 aliphatic rings. The molecule has 84 valence electrons. The van der Waals surface area contributed by atoms with Crippen molar-refractivity contribution in [2.45, 2.75) is 38.8 Å². The van der Waals surface area contributed by atoms with Gasteiger partial charge in [-0.25, -0.2) is 0 Å². The van der Waals surface area contributed by atoms with Gasteiger partial charge in [-0.15, -0.1) is 0 Å². The van der Waals surface area contributed by atoms with E-state index in [1.165, 1.54) is 5.56 Å². The highest BCUT2D eigenvalue weighted by molar-refractivity contribution is 9.10. The molecule has 0 spiro atoms. The van der Waals surface area contributed by atoms with E-state index in [1.807, 2.05) is 12.1 Å². The molecular weight excluding hydrogens is 254 g/mol. The van der Waals surface area contributed by atoms with E-state index in [9.17, 15) is 5.11 Å². The van der Waals surface area contributed by atoms with E-state index in [0.29, 0.717) is 5.92 Å². The van der Waals surface area contributed by atoms with E-state index >= 15 is 0 Å². The molecule has 3 heteroatoms. The minimum absolute atomic E-state index is 0.251. The van der Waals surface area contributed by atoms with Crippen molar-refractivity contribution in [1.29, 1.82) is 0 Å². The highest BCUT2D eigenvalue weighted by Crippen LogP contribution is 2.26. The molecule has 2 nitrogen and oxygen atoms in total. The fraction of sp³-hybridized carbons (Fsp3) is 0.500. The van der Waals surface area contributed by atoms with Gasteiger partial charge in [-0.2, -0.15) is 0 Å². The van der Waals surface area contributed by atoms with Crippen LogP contribution in [0.15, 0.2) is 22.7 Å². The molecular formula is C12H18BrNO. The summed E-state index contributed by atoms with van der Waals surface area (Å²) in [5.74, 6) is 0.446. The zero-order valence-electron chi connectivity index (χ0n) is 9.37. The molecule has 0 saturated carbocycles. The molecule has 0 aliphatic heterocycles. The second-order valence-corrected chi connectivity index (χ2v) is 5.19. The first-order chi connectivity index (χ1) is 6.91. The van der Waals surface area contributed by atoms with Crippen molar-refractivity contribution >= 4 is 15.9 Å². The van der Waals surface area contributed by atoms with Crippen LogP contribution in [-0.2, 0) is 0 Å². The number of rotatable bonds is 3. The lowest BCUT2D eigenvalue weighted by molar-refractivity contribution is 0.153. The van der Waals surface area contributed by atoms with Crippen LogP contribution in [0.1, 0.15) is 43.9 Å². The Morgan fingerprint density at radius 3 is 2.13 bits per heavy atom. The molecule has 2 unspecified atom stereocenters. The zero-order valence-corrected chi connectivity index (χ0v) is 11.0. The summed E-state index contributed by atoms with van der Waals surface area (Å²) in [5.41, 5.74) is 7.76. The molecule has 15 heavy (non-hydrogen) atoms. The van der Waals surface area contributed by atoms with Crippen molar-refractivity contribution in [3.05, 3.63) is 33.8 Å². The first-order valence-electron chi connectivity index (χ1n) is 5.16. The minimum atomic E-state index is -0.597. The zero-order chi connectivity index (χ0) is 11.6. The summed E-state index contributed by atoms with van der Waals surface area (Å²) >= 11 is 3.45. The molecule has 0 saturated heterocycles. The van der Waals surface area contributed by atoms with Gasteiger partial charge in [-0.3, -0.25) is 0 Å². The predicted molar refractivity (Wildman–Crippen MR) is 66.8 cm³/mol. The Kier molecular flexibility index (Phi) is 4.32. The molecule has 1 rings (SSSR count). The minimum Gasteiger partial charge on any atom is -0.387 e. The first-order valence-corrected chi connectivity index (χ1v) is 5.95. The summed E-state index contributed by atoms with van der Waals surface area (Å²) in [5, 5.41) is 9.88. The van der Waals surface area contributed by atoms with E-state index in [2.05, 4.69) is 35.8 Å². The summed E-state index contributed by atoms with van der Waals surface area (Å²) in [4.78, 5) is 0. The fourth-order valence-corrected chi connectivity index (χ4v) is 1.97. The highest BCUT2D eigenvalue weighted by Gasteiger charge is 2.14. The Morgan fingerprint density at radius 2 is 1.67 bits per heavy atom. The maximum Gasteiger partial charge on any atom is 0.0938 e. The number of hydrogen-bond donors (Lipinski definition) is 2. The Hall–Kier alpha value is -0.380. The van der Waals surface area contributed by atoms with Crippen LogP contribution in [0.5, 0.6) is 0 Å². The molecule has 2 atom stereocenters. The predicted octanol–water partition coefficient (Wildman–Crippen LogP) is 2.95. The molecule has 0 bridgehead atoms. The average Bonchev–Trinajstić information content (AvgIpc) is 2.15. The van der Waals surface area contributed by atoms with Crippen molar-refractivity contribution in [3.8, 4) is 0 Å². The Bertz CT molecular complexity index is 336. The third-order valence-electron chi connectivity index (χ3n) is 2.45. The fourth-order valence-electron chi connectivity index (χ4n) is 1.44. The van der Waals surface area contributed by atoms with Gasteiger partial charge >= 0.3 is 0 Å². The van der Waals surface area contributed by atoms with Gasteiger partial charge in [0.25, 0.3) is 0 Å². The maximum atomic E-state index is 9.88. The number of hydrogen-bond acceptors (Lipinski definition) is 2. The van der Waals surface area contributed by atoms with Crippen LogP contribution in [0.25, 0.3) is 0 Å². The number of aliphatic hydroxyl groups is 1. The molecule has 3 N–H and O–H groups in total. The SMILES string of the molecule is CC(C)c1cc(Br)cc(C(O)C(C)N)c1. The van der Waals surface area contributed by atoms with Crippen molar-refractivity contribution in [2.24, 2.45) is 5.73 Å². The van der Waals surface area contributed by atoms with E-state index in [4.69, 9.17) is 5.73 Å². The van der Waals surface area contributed by atoms with Crippen molar-refractivity contribution < 1.29 is 5.11 Å². The molecule has 1 aromatic carbocycles. The van der Waals surface area contributed by atoms with Gasteiger partial charge in [0, 0.05) is 10.5 Å². The quantitative estimate of drug-likeness (QED) is 0.888. The van der Waals surface area contributed by atoms with Gasteiger partial charge in [0.05, 0.1) is 6.10 Å². The van der Waals surface area contributed by atoms with E-state index in [0.717, 1.165) is 10.0 Å². The van der Waals surface area contributed by atoms with Crippen molar-refractivity contribution in [1.82, 2.24) is 0 Å². The Labute approximate surface area is 99.6 Å². The largest absolute Gasteiger partial charge is 0.387 e. The van der Waals surface area contributed by atoms with Gasteiger partial charge in [0.2, 0.25) is 0 Å². The average molecular weight is 272 g/mol. The van der Waals surface area contributed by atoms with Crippen LogP contribution in [-0.4, -0.2) is 11.1 Å². The van der Waals surface area contributed by atoms with E-state index in [1.54, 1.807) is 6.92 Å². The second kappa shape index (κ2) is 5.10. The van der Waals surface area contributed by atoms with Gasteiger partial charge in [-0.1, -0.05) is 35.8 Å². The third-order valence-corrected chi connectivity index (χ3v) is 2.91.